The first-order chi connectivity index (χ1) is 10.8. The van der Waals surface area contributed by atoms with Crippen molar-refractivity contribution in [2.45, 2.75) is 16.4 Å². The van der Waals surface area contributed by atoms with E-state index < -0.39 is 0 Å². The smallest absolute Gasteiger partial charge is 0.407 e. The second-order valence-electron chi connectivity index (χ2n) is 4.51. The van der Waals surface area contributed by atoms with Gasteiger partial charge in [0.15, 0.2) is 0 Å². The molecule has 0 saturated carbocycles. The lowest BCUT2D eigenvalue weighted by atomic mass is 10.2. The van der Waals surface area contributed by atoms with E-state index in [9.17, 15) is 4.79 Å². The molecular weight excluding hydrogens is 314 g/mol. The van der Waals surface area contributed by atoms with Crippen molar-refractivity contribution in [1.29, 1.82) is 0 Å². The molecule has 116 valence electrons. The minimum atomic E-state index is -0.373. The molecule has 2 aromatic carbocycles. The van der Waals surface area contributed by atoms with Crippen molar-refractivity contribution < 1.29 is 9.53 Å². The fourth-order valence-corrected chi connectivity index (χ4v) is 2.94. The Bertz CT molecular complexity index is 573. The molecule has 2 aromatic rings. The SMILES string of the molecule is CSc1ccc(SCCNC(=O)OCc2ccccc2)cc1. The average molecular weight is 333 g/mol. The van der Waals surface area contributed by atoms with Crippen LogP contribution < -0.4 is 5.32 Å². The van der Waals surface area contributed by atoms with Crippen LogP contribution in [0.2, 0.25) is 0 Å². The zero-order valence-electron chi connectivity index (χ0n) is 12.5. The summed E-state index contributed by atoms with van der Waals surface area (Å²) >= 11 is 3.45. The lowest BCUT2D eigenvalue weighted by molar-refractivity contribution is 0.140. The van der Waals surface area contributed by atoms with Gasteiger partial charge < -0.3 is 10.1 Å². The monoisotopic (exact) mass is 333 g/mol. The average Bonchev–Trinajstić information content (AvgIpc) is 2.58. The third kappa shape index (κ3) is 6.03. The Morgan fingerprint density at radius 3 is 2.41 bits per heavy atom. The number of amides is 1. The van der Waals surface area contributed by atoms with Gasteiger partial charge in [-0.2, -0.15) is 0 Å². The van der Waals surface area contributed by atoms with E-state index in [0.717, 1.165) is 11.3 Å². The zero-order chi connectivity index (χ0) is 15.6. The molecule has 0 unspecified atom stereocenters. The van der Waals surface area contributed by atoms with Gasteiger partial charge in [0.25, 0.3) is 0 Å². The molecular formula is C17H19NO2S2. The van der Waals surface area contributed by atoms with E-state index in [4.69, 9.17) is 4.74 Å². The molecule has 0 atom stereocenters. The molecule has 2 rings (SSSR count). The summed E-state index contributed by atoms with van der Waals surface area (Å²) in [5, 5.41) is 2.76. The highest BCUT2D eigenvalue weighted by Gasteiger charge is 2.02. The van der Waals surface area contributed by atoms with E-state index in [0.29, 0.717) is 13.2 Å². The number of rotatable bonds is 7. The van der Waals surface area contributed by atoms with Crippen molar-refractivity contribution in [3.05, 3.63) is 60.2 Å². The normalized spacial score (nSPS) is 10.2. The zero-order valence-corrected chi connectivity index (χ0v) is 14.1. The van der Waals surface area contributed by atoms with E-state index in [1.165, 1.54) is 9.79 Å². The van der Waals surface area contributed by atoms with Gasteiger partial charge in [-0.05, 0) is 36.1 Å². The minimum absolute atomic E-state index is 0.302. The van der Waals surface area contributed by atoms with Crippen LogP contribution in [0.15, 0.2) is 64.4 Å². The molecule has 0 spiro atoms. The van der Waals surface area contributed by atoms with Crippen LogP contribution in [0, 0.1) is 0 Å². The molecule has 0 aliphatic heterocycles. The molecule has 0 aliphatic carbocycles. The summed E-state index contributed by atoms with van der Waals surface area (Å²) in [7, 11) is 0. The van der Waals surface area contributed by atoms with Gasteiger partial charge in [0, 0.05) is 22.1 Å². The van der Waals surface area contributed by atoms with Crippen molar-refractivity contribution in [2.24, 2.45) is 0 Å². The van der Waals surface area contributed by atoms with Crippen molar-refractivity contribution in [3.63, 3.8) is 0 Å². The first-order valence-electron chi connectivity index (χ1n) is 6.99. The maximum Gasteiger partial charge on any atom is 0.407 e. The lowest BCUT2D eigenvalue weighted by Crippen LogP contribution is -2.26. The quantitative estimate of drug-likeness (QED) is 0.601. The van der Waals surface area contributed by atoms with E-state index in [1.807, 2.05) is 30.3 Å². The Kier molecular flexibility index (Phi) is 7.19. The lowest BCUT2D eigenvalue weighted by Gasteiger charge is -2.07. The van der Waals surface area contributed by atoms with Crippen molar-refractivity contribution >= 4 is 29.6 Å². The third-order valence-electron chi connectivity index (χ3n) is 2.91. The van der Waals surface area contributed by atoms with Gasteiger partial charge >= 0.3 is 6.09 Å². The Balaban J connectivity index is 1.60. The van der Waals surface area contributed by atoms with Crippen LogP contribution in [-0.4, -0.2) is 24.6 Å². The molecule has 22 heavy (non-hydrogen) atoms. The first kappa shape index (κ1) is 16.8. The number of carbonyl (C=O) groups excluding carboxylic acids is 1. The van der Waals surface area contributed by atoms with Crippen LogP contribution in [-0.2, 0) is 11.3 Å². The number of hydrogen-bond donors (Lipinski definition) is 1. The molecule has 0 aromatic heterocycles. The van der Waals surface area contributed by atoms with Gasteiger partial charge in [0.2, 0.25) is 0 Å². The third-order valence-corrected chi connectivity index (χ3v) is 4.67. The predicted molar refractivity (Wildman–Crippen MR) is 93.6 cm³/mol. The molecule has 1 amide bonds. The summed E-state index contributed by atoms with van der Waals surface area (Å²) in [6.07, 6.45) is 1.69. The van der Waals surface area contributed by atoms with Crippen LogP contribution in [0.3, 0.4) is 0 Å². The van der Waals surface area contributed by atoms with E-state index in [2.05, 4.69) is 35.8 Å². The van der Waals surface area contributed by atoms with Gasteiger partial charge in [-0.1, -0.05) is 30.3 Å². The number of hydrogen-bond acceptors (Lipinski definition) is 4. The number of nitrogens with one attached hydrogen (secondary N) is 1. The standard InChI is InChI=1S/C17H19NO2S2/c1-21-15-7-9-16(10-8-15)22-12-11-18-17(19)20-13-14-5-3-2-4-6-14/h2-10H,11-13H2,1H3,(H,18,19). The van der Waals surface area contributed by atoms with Crippen LogP contribution in [0.5, 0.6) is 0 Å². The second kappa shape index (κ2) is 9.43. The van der Waals surface area contributed by atoms with Crippen molar-refractivity contribution in [1.82, 2.24) is 5.32 Å². The molecule has 0 bridgehead atoms. The maximum absolute atomic E-state index is 11.6. The highest BCUT2D eigenvalue weighted by molar-refractivity contribution is 7.99. The fourth-order valence-electron chi connectivity index (χ4n) is 1.77. The summed E-state index contributed by atoms with van der Waals surface area (Å²) in [4.78, 5) is 14.0. The number of thioether (sulfide) groups is 2. The number of alkyl carbamates (subject to hydrolysis) is 1. The van der Waals surface area contributed by atoms with Gasteiger partial charge in [0.05, 0.1) is 0 Å². The predicted octanol–water partition coefficient (Wildman–Crippen LogP) is 4.43. The van der Waals surface area contributed by atoms with Gasteiger partial charge in [-0.3, -0.25) is 0 Å². The molecule has 1 N–H and O–H groups in total. The molecule has 0 radical (unpaired) electrons. The Morgan fingerprint density at radius 1 is 1.05 bits per heavy atom. The minimum Gasteiger partial charge on any atom is -0.445 e. The van der Waals surface area contributed by atoms with E-state index in [-0.39, 0.29) is 6.09 Å². The van der Waals surface area contributed by atoms with E-state index >= 15 is 0 Å². The molecule has 0 aliphatic rings. The second-order valence-corrected chi connectivity index (χ2v) is 6.56. The van der Waals surface area contributed by atoms with Crippen LogP contribution in [0.4, 0.5) is 4.79 Å². The summed E-state index contributed by atoms with van der Waals surface area (Å²) in [5.74, 6) is 0.819. The molecule has 0 heterocycles. The highest BCUT2D eigenvalue weighted by Crippen LogP contribution is 2.21. The van der Waals surface area contributed by atoms with Crippen LogP contribution >= 0.6 is 23.5 Å². The number of ether oxygens (including phenoxy) is 1. The Labute approximate surface area is 139 Å². The molecule has 5 heteroatoms. The highest BCUT2D eigenvalue weighted by atomic mass is 32.2. The molecule has 0 fully saturated rings. The largest absolute Gasteiger partial charge is 0.445 e. The van der Waals surface area contributed by atoms with Crippen molar-refractivity contribution in [2.75, 3.05) is 18.6 Å². The number of carbonyl (C=O) groups is 1. The first-order valence-corrected chi connectivity index (χ1v) is 9.20. The summed E-state index contributed by atoms with van der Waals surface area (Å²) in [6.45, 7) is 0.887. The molecule has 0 saturated heterocycles. The van der Waals surface area contributed by atoms with E-state index in [1.54, 1.807) is 23.5 Å². The topological polar surface area (TPSA) is 38.3 Å². The Morgan fingerprint density at radius 2 is 1.73 bits per heavy atom. The van der Waals surface area contributed by atoms with Gasteiger partial charge in [0.1, 0.15) is 6.61 Å². The number of benzene rings is 2. The van der Waals surface area contributed by atoms with Crippen LogP contribution in [0.1, 0.15) is 5.56 Å². The fraction of sp³-hybridized carbons (Fsp3) is 0.235. The van der Waals surface area contributed by atoms with Gasteiger partial charge in [-0.15, -0.1) is 23.5 Å². The summed E-state index contributed by atoms with van der Waals surface area (Å²) in [6, 6.07) is 18.1. The summed E-state index contributed by atoms with van der Waals surface area (Å²) < 4.78 is 5.15. The molecule has 3 nitrogen and oxygen atoms in total. The van der Waals surface area contributed by atoms with Crippen molar-refractivity contribution in [3.8, 4) is 0 Å². The summed E-state index contributed by atoms with van der Waals surface area (Å²) in [5.41, 5.74) is 0.987. The van der Waals surface area contributed by atoms with Crippen LogP contribution in [0.25, 0.3) is 0 Å². The Hall–Kier alpha value is -1.59. The maximum atomic E-state index is 11.6. The van der Waals surface area contributed by atoms with Gasteiger partial charge in [-0.25, -0.2) is 4.79 Å².